The van der Waals surface area contributed by atoms with E-state index >= 15 is 0 Å². The summed E-state index contributed by atoms with van der Waals surface area (Å²) >= 11 is 5.82. The van der Waals surface area contributed by atoms with Crippen molar-refractivity contribution in [3.8, 4) is 5.75 Å². The van der Waals surface area contributed by atoms with E-state index in [0.29, 0.717) is 22.2 Å². The topological polar surface area (TPSA) is 87.3 Å². The van der Waals surface area contributed by atoms with Gasteiger partial charge in [0, 0.05) is 5.02 Å². The molecule has 2 rings (SSSR count). The highest BCUT2D eigenvalue weighted by Gasteiger charge is 2.19. The van der Waals surface area contributed by atoms with Gasteiger partial charge in [0.2, 0.25) is 5.95 Å². The molecule has 0 unspecified atom stereocenters. The van der Waals surface area contributed by atoms with E-state index in [0.717, 1.165) is 0 Å². The second kappa shape index (κ2) is 7.09. The van der Waals surface area contributed by atoms with Crippen LogP contribution in [0.2, 0.25) is 5.02 Å². The standard InChI is InChI=1S/C15H16ClN3O3/c1-3-21-14(20)13-9(2)18-15(17)19-12(13)8-22-11-6-4-10(16)5-7-11/h4-7H,3,8H2,1-2H3,(H2,17,18,19). The van der Waals surface area contributed by atoms with Gasteiger partial charge in [-0.2, -0.15) is 0 Å². The third kappa shape index (κ3) is 3.85. The van der Waals surface area contributed by atoms with Crippen LogP contribution in [0.5, 0.6) is 5.75 Å². The van der Waals surface area contributed by atoms with Gasteiger partial charge in [0.15, 0.2) is 0 Å². The molecule has 0 spiro atoms. The average Bonchev–Trinajstić information content (AvgIpc) is 2.46. The highest BCUT2D eigenvalue weighted by atomic mass is 35.5. The number of hydrogen-bond donors (Lipinski definition) is 1. The van der Waals surface area contributed by atoms with Crippen molar-refractivity contribution in [3.05, 3.63) is 46.2 Å². The van der Waals surface area contributed by atoms with Gasteiger partial charge in [-0.05, 0) is 38.1 Å². The molecular formula is C15H16ClN3O3. The minimum absolute atomic E-state index is 0.0728. The molecule has 116 valence electrons. The molecule has 0 saturated heterocycles. The lowest BCUT2D eigenvalue weighted by molar-refractivity contribution is 0.0521. The molecule has 0 atom stereocenters. The Morgan fingerprint density at radius 1 is 1.27 bits per heavy atom. The molecule has 0 aliphatic rings. The molecule has 6 nitrogen and oxygen atoms in total. The van der Waals surface area contributed by atoms with Crippen molar-refractivity contribution in [1.29, 1.82) is 0 Å². The maximum atomic E-state index is 12.0. The predicted molar refractivity (Wildman–Crippen MR) is 82.9 cm³/mol. The molecule has 0 saturated carbocycles. The number of aryl methyl sites for hydroxylation is 1. The predicted octanol–water partition coefficient (Wildman–Crippen LogP) is 2.78. The van der Waals surface area contributed by atoms with Gasteiger partial charge in [0.1, 0.15) is 17.9 Å². The summed E-state index contributed by atoms with van der Waals surface area (Å²) < 4.78 is 10.6. The molecule has 1 heterocycles. The summed E-state index contributed by atoms with van der Waals surface area (Å²) in [5, 5.41) is 0.613. The van der Waals surface area contributed by atoms with Gasteiger partial charge in [-0.25, -0.2) is 14.8 Å². The largest absolute Gasteiger partial charge is 0.487 e. The Balaban J connectivity index is 2.25. The molecule has 2 N–H and O–H groups in total. The molecule has 0 aliphatic carbocycles. The number of nitrogen functional groups attached to an aromatic ring is 1. The number of nitrogens with zero attached hydrogens (tertiary/aromatic N) is 2. The number of esters is 1. The number of rotatable bonds is 5. The Bertz CT molecular complexity index is 674. The van der Waals surface area contributed by atoms with Gasteiger partial charge in [-0.15, -0.1) is 0 Å². The van der Waals surface area contributed by atoms with E-state index in [1.165, 1.54) is 0 Å². The van der Waals surface area contributed by atoms with E-state index in [1.807, 2.05) is 0 Å². The van der Waals surface area contributed by atoms with Gasteiger partial charge in [0.25, 0.3) is 0 Å². The van der Waals surface area contributed by atoms with Gasteiger partial charge in [-0.1, -0.05) is 11.6 Å². The fourth-order valence-electron chi connectivity index (χ4n) is 1.91. The van der Waals surface area contributed by atoms with Gasteiger partial charge < -0.3 is 15.2 Å². The summed E-state index contributed by atoms with van der Waals surface area (Å²) in [6.45, 7) is 3.74. The number of anilines is 1. The third-order valence-electron chi connectivity index (χ3n) is 2.85. The van der Waals surface area contributed by atoms with Crippen molar-refractivity contribution in [3.63, 3.8) is 0 Å². The van der Waals surface area contributed by atoms with Crippen LogP contribution in [0.4, 0.5) is 5.95 Å². The number of ether oxygens (including phenoxy) is 2. The van der Waals surface area contributed by atoms with Crippen LogP contribution in [0.3, 0.4) is 0 Å². The van der Waals surface area contributed by atoms with Crippen LogP contribution < -0.4 is 10.5 Å². The average molecular weight is 322 g/mol. The zero-order valence-electron chi connectivity index (χ0n) is 12.3. The number of carbonyl (C=O) groups is 1. The maximum Gasteiger partial charge on any atom is 0.341 e. The molecule has 22 heavy (non-hydrogen) atoms. The summed E-state index contributed by atoms with van der Waals surface area (Å²) in [5.41, 5.74) is 6.77. The van der Waals surface area contributed by atoms with E-state index in [1.54, 1.807) is 38.1 Å². The lowest BCUT2D eigenvalue weighted by Crippen LogP contribution is -2.16. The van der Waals surface area contributed by atoms with Crippen LogP contribution in [0.1, 0.15) is 28.7 Å². The van der Waals surface area contributed by atoms with Crippen molar-refractivity contribution >= 4 is 23.5 Å². The van der Waals surface area contributed by atoms with Crippen LogP contribution >= 0.6 is 11.6 Å². The SMILES string of the molecule is CCOC(=O)c1c(C)nc(N)nc1COc1ccc(Cl)cc1. The van der Waals surface area contributed by atoms with Crippen molar-refractivity contribution in [2.75, 3.05) is 12.3 Å². The van der Waals surface area contributed by atoms with E-state index in [-0.39, 0.29) is 24.7 Å². The van der Waals surface area contributed by atoms with Crippen molar-refractivity contribution in [2.24, 2.45) is 0 Å². The molecule has 0 aliphatic heterocycles. The van der Waals surface area contributed by atoms with E-state index in [9.17, 15) is 4.79 Å². The first kappa shape index (κ1) is 16.0. The number of aromatic nitrogens is 2. The van der Waals surface area contributed by atoms with Crippen molar-refractivity contribution < 1.29 is 14.3 Å². The first-order valence-corrected chi connectivity index (χ1v) is 7.07. The normalized spacial score (nSPS) is 10.3. The number of benzene rings is 1. The second-order valence-electron chi connectivity index (χ2n) is 4.45. The molecule has 1 aromatic heterocycles. The minimum Gasteiger partial charge on any atom is -0.487 e. The minimum atomic E-state index is -0.491. The highest BCUT2D eigenvalue weighted by molar-refractivity contribution is 6.30. The Morgan fingerprint density at radius 3 is 2.59 bits per heavy atom. The Morgan fingerprint density at radius 2 is 1.95 bits per heavy atom. The Labute approximate surface area is 133 Å². The molecular weight excluding hydrogens is 306 g/mol. The van der Waals surface area contributed by atoms with Gasteiger partial charge in [-0.3, -0.25) is 0 Å². The first-order valence-electron chi connectivity index (χ1n) is 6.69. The van der Waals surface area contributed by atoms with Crippen LogP contribution in [0, 0.1) is 6.92 Å². The van der Waals surface area contributed by atoms with E-state index < -0.39 is 5.97 Å². The quantitative estimate of drug-likeness (QED) is 0.852. The number of carbonyl (C=O) groups excluding carboxylic acids is 1. The fraction of sp³-hybridized carbons (Fsp3) is 0.267. The van der Waals surface area contributed by atoms with Crippen LogP contribution in [0.25, 0.3) is 0 Å². The Kier molecular flexibility index (Phi) is 5.16. The lowest BCUT2D eigenvalue weighted by Gasteiger charge is -2.12. The molecule has 2 aromatic rings. The maximum absolute atomic E-state index is 12.0. The smallest absolute Gasteiger partial charge is 0.341 e. The van der Waals surface area contributed by atoms with Crippen LogP contribution in [-0.4, -0.2) is 22.5 Å². The molecule has 7 heteroatoms. The first-order chi connectivity index (χ1) is 10.5. The zero-order valence-corrected chi connectivity index (χ0v) is 13.1. The van der Waals surface area contributed by atoms with Gasteiger partial charge in [0.05, 0.1) is 18.0 Å². The van der Waals surface area contributed by atoms with Crippen molar-refractivity contribution in [2.45, 2.75) is 20.5 Å². The third-order valence-corrected chi connectivity index (χ3v) is 3.10. The Hall–Kier alpha value is -2.34. The van der Waals surface area contributed by atoms with Gasteiger partial charge >= 0.3 is 5.97 Å². The highest BCUT2D eigenvalue weighted by Crippen LogP contribution is 2.19. The number of nitrogens with two attached hydrogens (primary N) is 1. The van der Waals surface area contributed by atoms with Crippen LogP contribution in [-0.2, 0) is 11.3 Å². The second-order valence-corrected chi connectivity index (χ2v) is 4.89. The molecule has 0 radical (unpaired) electrons. The summed E-state index contributed by atoms with van der Waals surface area (Å²) in [6.07, 6.45) is 0. The number of halogens is 1. The monoisotopic (exact) mass is 321 g/mol. The summed E-state index contributed by atoms with van der Waals surface area (Å²) in [6, 6.07) is 6.87. The van der Waals surface area contributed by atoms with E-state index in [4.69, 9.17) is 26.8 Å². The molecule has 0 amide bonds. The van der Waals surface area contributed by atoms with Crippen molar-refractivity contribution in [1.82, 2.24) is 9.97 Å². The fourth-order valence-corrected chi connectivity index (χ4v) is 2.04. The van der Waals surface area contributed by atoms with E-state index in [2.05, 4.69) is 9.97 Å². The number of hydrogen-bond acceptors (Lipinski definition) is 6. The zero-order chi connectivity index (χ0) is 16.1. The summed E-state index contributed by atoms with van der Waals surface area (Å²) in [7, 11) is 0. The molecule has 0 fully saturated rings. The lowest BCUT2D eigenvalue weighted by atomic mass is 10.1. The summed E-state index contributed by atoms with van der Waals surface area (Å²) in [5.74, 6) is 0.198. The summed E-state index contributed by atoms with van der Waals surface area (Å²) in [4.78, 5) is 20.1. The molecule has 0 bridgehead atoms. The van der Waals surface area contributed by atoms with Crippen LogP contribution in [0.15, 0.2) is 24.3 Å². The molecule has 1 aromatic carbocycles.